The number of alkyl halides is 3. The molecule has 0 aliphatic carbocycles. The van der Waals surface area contributed by atoms with Crippen molar-refractivity contribution in [3.8, 4) is 0 Å². The van der Waals surface area contributed by atoms with E-state index in [2.05, 4.69) is 22.3 Å². The van der Waals surface area contributed by atoms with E-state index in [1.807, 2.05) is 23.1 Å². The second-order valence-electron chi connectivity index (χ2n) is 8.86. The number of rotatable bonds is 5. The molecule has 2 aromatic rings. The van der Waals surface area contributed by atoms with Gasteiger partial charge in [0.25, 0.3) is 5.79 Å². The Morgan fingerprint density at radius 2 is 1.60 bits per heavy atom. The van der Waals surface area contributed by atoms with Gasteiger partial charge < -0.3 is 19.7 Å². The van der Waals surface area contributed by atoms with Crippen molar-refractivity contribution in [3.05, 3.63) is 71.4 Å². The number of halogens is 3. The summed E-state index contributed by atoms with van der Waals surface area (Å²) >= 11 is 0. The number of carbonyl (C=O) groups is 2. The number of nitrogens with zero attached hydrogens (tertiary/aromatic N) is 2. The van der Waals surface area contributed by atoms with Crippen molar-refractivity contribution in [2.75, 3.05) is 36.4 Å². The van der Waals surface area contributed by atoms with E-state index >= 15 is 0 Å². The molecule has 186 valence electrons. The Bertz CT molecular complexity index is 1100. The maximum atomic E-state index is 13.8. The maximum Gasteiger partial charge on any atom is 0.418 e. The number of hydrogen-bond acceptors (Lipinski definition) is 7. The smallest absolute Gasteiger partial charge is 0.418 e. The third-order valence-electron chi connectivity index (χ3n) is 5.78. The van der Waals surface area contributed by atoms with E-state index in [1.165, 1.54) is 25.5 Å². The maximum absolute atomic E-state index is 13.8. The first kappa shape index (κ1) is 24.6. The molecule has 2 heterocycles. The van der Waals surface area contributed by atoms with Crippen LogP contribution in [-0.2, 0) is 31.8 Å². The van der Waals surface area contributed by atoms with E-state index in [4.69, 9.17) is 9.47 Å². The van der Waals surface area contributed by atoms with Gasteiger partial charge in [0.1, 0.15) is 0 Å². The standard InChI is InChI=1S/C25H26F3N3O4/c1-24(2)34-22(32)19(23(33)35-24)15-29-21-9-8-18(14-20(21)25(26,27)28)31-12-10-30(11-13-31)16-17-6-4-3-5-7-17/h3-9,14-15,29H,10-13,16H2,1-2H3. The fraction of sp³-hybridized carbons (Fsp3) is 0.360. The summed E-state index contributed by atoms with van der Waals surface area (Å²) in [5.41, 5.74) is -0.0679. The lowest BCUT2D eigenvalue weighted by Crippen LogP contribution is -2.46. The van der Waals surface area contributed by atoms with Crippen molar-refractivity contribution in [2.45, 2.75) is 32.4 Å². The van der Waals surface area contributed by atoms with Crippen molar-refractivity contribution in [1.29, 1.82) is 0 Å². The van der Waals surface area contributed by atoms with Crippen LogP contribution in [0.3, 0.4) is 0 Å². The first-order chi connectivity index (χ1) is 16.5. The van der Waals surface area contributed by atoms with Gasteiger partial charge in [0, 0.05) is 58.5 Å². The average Bonchev–Trinajstić information content (AvgIpc) is 2.78. The lowest BCUT2D eigenvalue weighted by atomic mass is 10.1. The molecule has 0 bridgehead atoms. The molecule has 35 heavy (non-hydrogen) atoms. The Balaban J connectivity index is 1.47. The number of anilines is 2. The lowest BCUT2D eigenvalue weighted by molar-refractivity contribution is -0.222. The summed E-state index contributed by atoms with van der Waals surface area (Å²) in [6.07, 6.45) is -3.77. The van der Waals surface area contributed by atoms with E-state index < -0.39 is 35.0 Å². The second kappa shape index (κ2) is 9.61. The van der Waals surface area contributed by atoms with Crippen LogP contribution in [0.5, 0.6) is 0 Å². The summed E-state index contributed by atoms with van der Waals surface area (Å²) in [4.78, 5) is 28.3. The molecule has 0 amide bonds. The molecule has 0 unspecified atom stereocenters. The number of esters is 2. The predicted octanol–water partition coefficient (Wildman–Crippen LogP) is 4.16. The number of benzene rings is 2. The third kappa shape index (κ3) is 5.94. The summed E-state index contributed by atoms with van der Waals surface area (Å²) in [7, 11) is 0. The zero-order valence-electron chi connectivity index (χ0n) is 19.4. The van der Waals surface area contributed by atoms with Crippen LogP contribution in [0.15, 0.2) is 60.3 Å². The summed E-state index contributed by atoms with van der Waals surface area (Å²) in [5.74, 6) is -3.38. The van der Waals surface area contributed by atoms with Crippen molar-refractivity contribution >= 4 is 23.3 Å². The van der Waals surface area contributed by atoms with Crippen LogP contribution < -0.4 is 10.2 Å². The van der Waals surface area contributed by atoms with Crippen LogP contribution in [0.25, 0.3) is 0 Å². The molecule has 4 rings (SSSR count). The van der Waals surface area contributed by atoms with Gasteiger partial charge in [-0.05, 0) is 23.8 Å². The minimum Gasteiger partial charge on any atom is -0.419 e. The lowest BCUT2D eigenvalue weighted by Gasteiger charge is -2.36. The van der Waals surface area contributed by atoms with Gasteiger partial charge in [0.05, 0.1) is 11.3 Å². The molecule has 0 spiro atoms. The first-order valence-electron chi connectivity index (χ1n) is 11.2. The van der Waals surface area contributed by atoms with Crippen LogP contribution in [-0.4, -0.2) is 48.8 Å². The van der Waals surface area contributed by atoms with Gasteiger partial charge in [0.15, 0.2) is 5.57 Å². The number of hydrogen-bond donors (Lipinski definition) is 1. The number of ether oxygens (including phenoxy) is 2. The number of cyclic esters (lactones) is 2. The average molecular weight is 489 g/mol. The van der Waals surface area contributed by atoms with Gasteiger partial charge >= 0.3 is 18.1 Å². The Kier molecular flexibility index (Phi) is 6.75. The highest BCUT2D eigenvalue weighted by atomic mass is 19.4. The van der Waals surface area contributed by atoms with Crippen molar-refractivity contribution < 1.29 is 32.2 Å². The van der Waals surface area contributed by atoms with Crippen LogP contribution in [0.4, 0.5) is 24.5 Å². The van der Waals surface area contributed by atoms with Crippen LogP contribution in [0, 0.1) is 0 Å². The monoisotopic (exact) mass is 489 g/mol. The molecular weight excluding hydrogens is 463 g/mol. The molecule has 0 atom stereocenters. The zero-order valence-corrected chi connectivity index (χ0v) is 19.4. The highest BCUT2D eigenvalue weighted by Crippen LogP contribution is 2.38. The quantitative estimate of drug-likeness (QED) is 0.384. The van der Waals surface area contributed by atoms with Gasteiger partial charge in [-0.25, -0.2) is 9.59 Å². The summed E-state index contributed by atoms with van der Waals surface area (Å²) in [6, 6.07) is 14.0. The molecule has 0 aromatic heterocycles. The van der Waals surface area contributed by atoms with Crippen LogP contribution in [0.1, 0.15) is 25.0 Å². The van der Waals surface area contributed by atoms with Gasteiger partial charge in [-0.2, -0.15) is 13.2 Å². The highest BCUT2D eigenvalue weighted by Gasteiger charge is 2.39. The van der Waals surface area contributed by atoms with E-state index in [0.717, 1.165) is 31.9 Å². The molecule has 2 aromatic carbocycles. The zero-order chi connectivity index (χ0) is 25.2. The molecule has 2 aliphatic heterocycles. The van der Waals surface area contributed by atoms with E-state index in [-0.39, 0.29) is 5.69 Å². The van der Waals surface area contributed by atoms with E-state index in [0.29, 0.717) is 18.8 Å². The molecule has 0 radical (unpaired) electrons. The molecule has 2 saturated heterocycles. The Morgan fingerprint density at radius 1 is 0.971 bits per heavy atom. The topological polar surface area (TPSA) is 71.1 Å². The number of piperazine rings is 1. The fourth-order valence-electron chi connectivity index (χ4n) is 4.02. The normalized spacial score (nSPS) is 18.7. The summed E-state index contributed by atoms with van der Waals surface area (Å²) < 4.78 is 51.5. The minimum atomic E-state index is -4.65. The number of nitrogens with one attached hydrogen (secondary N) is 1. The van der Waals surface area contributed by atoms with Gasteiger partial charge in [-0.3, -0.25) is 4.90 Å². The summed E-state index contributed by atoms with van der Waals surface area (Å²) in [5, 5.41) is 2.43. The number of carbonyl (C=O) groups excluding carboxylic acids is 2. The molecule has 7 nitrogen and oxygen atoms in total. The Labute approximate surface area is 201 Å². The van der Waals surface area contributed by atoms with Crippen molar-refractivity contribution in [3.63, 3.8) is 0 Å². The Morgan fingerprint density at radius 3 is 2.20 bits per heavy atom. The Hall–Kier alpha value is -3.53. The second-order valence-corrected chi connectivity index (χ2v) is 8.86. The molecule has 10 heteroatoms. The van der Waals surface area contributed by atoms with Crippen LogP contribution in [0.2, 0.25) is 0 Å². The fourth-order valence-corrected chi connectivity index (χ4v) is 4.02. The largest absolute Gasteiger partial charge is 0.419 e. The molecular formula is C25H26F3N3O4. The molecule has 1 N–H and O–H groups in total. The molecule has 0 saturated carbocycles. The van der Waals surface area contributed by atoms with E-state index in [9.17, 15) is 22.8 Å². The van der Waals surface area contributed by atoms with Gasteiger partial charge in [0.2, 0.25) is 0 Å². The van der Waals surface area contributed by atoms with Gasteiger partial charge in [-0.1, -0.05) is 30.3 Å². The SMILES string of the molecule is CC1(C)OC(=O)C(=CNc2ccc(N3CCN(Cc4ccccc4)CC3)cc2C(F)(F)F)C(=O)O1. The minimum absolute atomic E-state index is 0.290. The van der Waals surface area contributed by atoms with Crippen molar-refractivity contribution in [2.24, 2.45) is 0 Å². The predicted molar refractivity (Wildman–Crippen MR) is 123 cm³/mol. The van der Waals surface area contributed by atoms with E-state index in [1.54, 1.807) is 6.07 Å². The summed E-state index contributed by atoms with van der Waals surface area (Å²) in [6.45, 7) is 6.20. The first-order valence-corrected chi connectivity index (χ1v) is 11.2. The molecule has 2 fully saturated rings. The highest BCUT2D eigenvalue weighted by molar-refractivity contribution is 6.15. The van der Waals surface area contributed by atoms with Crippen LogP contribution >= 0.6 is 0 Å². The van der Waals surface area contributed by atoms with Gasteiger partial charge in [-0.15, -0.1) is 0 Å². The third-order valence-corrected chi connectivity index (χ3v) is 5.78. The van der Waals surface area contributed by atoms with Crippen molar-refractivity contribution in [1.82, 2.24) is 4.90 Å². The molecule has 2 aliphatic rings.